The smallest absolute Gasteiger partial charge is 0.332 e. The number of aliphatic hydroxyl groups is 1. The summed E-state index contributed by atoms with van der Waals surface area (Å²) in [7, 11) is 3.03. The molecule has 4 bridgehead atoms. The highest BCUT2D eigenvalue weighted by atomic mass is 16.5. The van der Waals surface area contributed by atoms with Crippen molar-refractivity contribution in [2.75, 3.05) is 32.6 Å². The predicted molar refractivity (Wildman–Crippen MR) is 104 cm³/mol. The van der Waals surface area contributed by atoms with Crippen LogP contribution in [0.3, 0.4) is 0 Å². The topological polar surface area (TPSA) is 88.1 Å². The number of anilines is 1. The fraction of sp³-hybridized carbons (Fsp3) is 0.636. The standard InChI is InChI=1S/C22H26N2O5/c1-28-15-5-3-4-12-17(15)23-21(19(27)29-2)8-7-20-10-14(25)13-11-24(9-6-16(20)26)18(20)22(12,13)21/h3-5,13,16,18,23,26H,6-11H2,1-2H3/t13?,16-,18-,20+,21-,22+/m0/s1. The number of para-hydroxylation sites is 1. The summed E-state index contributed by atoms with van der Waals surface area (Å²) < 4.78 is 11.0. The van der Waals surface area contributed by atoms with Crippen LogP contribution in [0.4, 0.5) is 5.69 Å². The number of Topliss-reactive ketones (excluding diaryl/α,β-unsaturated/α-hetero) is 1. The van der Waals surface area contributed by atoms with Gasteiger partial charge in [-0.25, -0.2) is 4.79 Å². The third kappa shape index (κ3) is 1.64. The molecule has 6 rings (SSSR count). The molecule has 4 fully saturated rings. The van der Waals surface area contributed by atoms with Crippen LogP contribution >= 0.6 is 0 Å². The van der Waals surface area contributed by atoms with E-state index in [4.69, 9.17) is 9.47 Å². The Morgan fingerprint density at radius 3 is 2.90 bits per heavy atom. The second kappa shape index (κ2) is 5.32. The first kappa shape index (κ1) is 17.7. The number of esters is 1. The first-order valence-electron chi connectivity index (χ1n) is 10.4. The van der Waals surface area contributed by atoms with Crippen LogP contribution in [0.5, 0.6) is 5.75 Å². The Morgan fingerprint density at radius 1 is 1.31 bits per heavy atom. The Kier molecular flexibility index (Phi) is 3.25. The Hall–Kier alpha value is -2.12. The number of nitrogens with zero attached hydrogens (tertiary/aromatic N) is 1. The van der Waals surface area contributed by atoms with Crippen molar-refractivity contribution in [2.45, 2.75) is 48.8 Å². The van der Waals surface area contributed by atoms with Gasteiger partial charge in [-0.3, -0.25) is 9.69 Å². The van der Waals surface area contributed by atoms with E-state index in [1.54, 1.807) is 7.11 Å². The molecule has 2 aliphatic carbocycles. The van der Waals surface area contributed by atoms with Gasteiger partial charge in [-0.2, -0.15) is 0 Å². The molecule has 3 heterocycles. The van der Waals surface area contributed by atoms with Crippen molar-refractivity contribution < 1.29 is 24.2 Å². The first-order chi connectivity index (χ1) is 14.0. The van der Waals surface area contributed by atoms with Crippen LogP contribution in [0, 0.1) is 11.3 Å². The molecule has 29 heavy (non-hydrogen) atoms. The lowest BCUT2D eigenvalue weighted by Gasteiger charge is -2.65. The highest BCUT2D eigenvalue weighted by molar-refractivity contribution is 5.99. The predicted octanol–water partition coefficient (Wildman–Crippen LogP) is 1.09. The maximum absolute atomic E-state index is 13.6. The molecule has 0 amide bonds. The molecule has 154 valence electrons. The number of hydrogen-bond donors (Lipinski definition) is 2. The van der Waals surface area contributed by atoms with Gasteiger partial charge in [0.25, 0.3) is 0 Å². The van der Waals surface area contributed by atoms with Gasteiger partial charge in [-0.1, -0.05) is 12.1 Å². The lowest BCUT2D eigenvalue weighted by Crippen LogP contribution is -2.78. The van der Waals surface area contributed by atoms with Crippen molar-refractivity contribution in [1.29, 1.82) is 0 Å². The van der Waals surface area contributed by atoms with E-state index in [1.165, 1.54) is 7.11 Å². The Morgan fingerprint density at radius 2 is 2.14 bits per heavy atom. The van der Waals surface area contributed by atoms with Gasteiger partial charge >= 0.3 is 5.97 Å². The molecule has 7 nitrogen and oxygen atoms in total. The maximum atomic E-state index is 13.6. The zero-order chi connectivity index (χ0) is 20.2. The number of aliphatic hydroxyl groups excluding tert-OH is 1. The minimum atomic E-state index is -1.03. The van der Waals surface area contributed by atoms with Crippen LogP contribution in [0.25, 0.3) is 0 Å². The molecular formula is C22H26N2O5. The monoisotopic (exact) mass is 398 g/mol. The zero-order valence-electron chi connectivity index (χ0n) is 16.7. The summed E-state index contributed by atoms with van der Waals surface area (Å²) in [5.74, 6) is 0.203. The summed E-state index contributed by atoms with van der Waals surface area (Å²) in [4.78, 5) is 29.4. The lowest BCUT2D eigenvalue weighted by molar-refractivity contribution is -0.178. The number of methoxy groups -OCH3 is 2. The fourth-order valence-electron chi connectivity index (χ4n) is 7.94. The van der Waals surface area contributed by atoms with E-state index in [9.17, 15) is 14.7 Å². The van der Waals surface area contributed by atoms with E-state index < -0.39 is 22.5 Å². The summed E-state index contributed by atoms with van der Waals surface area (Å²) >= 11 is 0. The molecule has 2 N–H and O–H groups in total. The minimum absolute atomic E-state index is 0.0739. The van der Waals surface area contributed by atoms with Crippen LogP contribution in [-0.2, 0) is 19.7 Å². The van der Waals surface area contributed by atoms with Crippen LogP contribution in [0.15, 0.2) is 18.2 Å². The molecule has 1 aromatic rings. The second-order valence-electron chi connectivity index (χ2n) is 9.40. The van der Waals surface area contributed by atoms with E-state index in [0.717, 1.165) is 17.8 Å². The lowest BCUT2D eigenvalue weighted by atomic mass is 9.41. The Bertz CT molecular complexity index is 949. The number of benzene rings is 1. The van der Waals surface area contributed by atoms with Gasteiger partial charge in [0.15, 0.2) is 0 Å². The van der Waals surface area contributed by atoms with Gasteiger partial charge in [0, 0.05) is 36.9 Å². The van der Waals surface area contributed by atoms with E-state index in [2.05, 4.69) is 10.2 Å². The zero-order valence-corrected chi connectivity index (χ0v) is 16.7. The summed E-state index contributed by atoms with van der Waals surface area (Å²) in [6, 6.07) is 5.77. The van der Waals surface area contributed by atoms with Gasteiger partial charge in [-0.15, -0.1) is 0 Å². The number of hydrogen-bond acceptors (Lipinski definition) is 7. The van der Waals surface area contributed by atoms with Gasteiger partial charge in [0.05, 0.1) is 31.4 Å². The molecule has 0 radical (unpaired) electrons. The molecule has 1 aromatic carbocycles. The molecule has 7 heteroatoms. The van der Waals surface area contributed by atoms with Gasteiger partial charge in [0.1, 0.15) is 17.1 Å². The van der Waals surface area contributed by atoms with E-state index in [-0.39, 0.29) is 23.7 Å². The maximum Gasteiger partial charge on any atom is 0.332 e. The number of carbonyl (C=O) groups is 2. The summed E-state index contributed by atoms with van der Waals surface area (Å²) in [6.07, 6.45) is 1.69. The van der Waals surface area contributed by atoms with Crippen molar-refractivity contribution in [3.63, 3.8) is 0 Å². The minimum Gasteiger partial charge on any atom is -0.495 e. The third-order valence-corrected chi connectivity index (χ3v) is 8.79. The molecule has 1 unspecified atom stereocenters. The Balaban J connectivity index is 1.72. The van der Waals surface area contributed by atoms with Crippen molar-refractivity contribution in [2.24, 2.45) is 11.3 Å². The summed E-state index contributed by atoms with van der Waals surface area (Å²) in [5.41, 5.74) is -0.534. The highest BCUT2D eigenvalue weighted by Gasteiger charge is 2.83. The largest absolute Gasteiger partial charge is 0.495 e. The molecule has 3 aliphatic heterocycles. The van der Waals surface area contributed by atoms with E-state index >= 15 is 0 Å². The van der Waals surface area contributed by atoms with Gasteiger partial charge in [-0.05, 0) is 30.9 Å². The molecule has 5 aliphatic rings. The van der Waals surface area contributed by atoms with Crippen LogP contribution < -0.4 is 10.1 Å². The molecule has 1 spiro atoms. The molecule has 2 saturated heterocycles. The average Bonchev–Trinajstić information content (AvgIpc) is 3.21. The number of fused-ring (bicyclic) bond motifs is 1. The number of piperidine rings is 1. The van der Waals surface area contributed by atoms with Crippen LogP contribution in [0.2, 0.25) is 0 Å². The third-order valence-electron chi connectivity index (χ3n) is 8.79. The van der Waals surface area contributed by atoms with Crippen molar-refractivity contribution in [3.8, 4) is 5.75 Å². The number of ketones is 1. The van der Waals surface area contributed by atoms with E-state index in [1.807, 2.05) is 18.2 Å². The quantitative estimate of drug-likeness (QED) is 0.721. The molecule has 0 aromatic heterocycles. The normalized spacial score (nSPS) is 44.0. The number of ether oxygens (including phenoxy) is 2. The molecule has 6 atom stereocenters. The van der Waals surface area contributed by atoms with Crippen LogP contribution in [-0.4, -0.2) is 66.8 Å². The SMILES string of the molecule is COC(=O)[C@@]12CC[C@@]34CC(=O)C5CN(CC[C@@H]3O)[C@@H]4[C@@]51c1cccc(OC)c1N2. The van der Waals surface area contributed by atoms with Crippen molar-refractivity contribution in [3.05, 3.63) is 23.8 Å². The summed E-state index contributed by atoms with van der Waals surface area (Å²) in [5, 5.41) is 14.7. The highest BCUT2D eigenvalue weighted by Crippen LogP contribution is 2.73. The number of rotatable bonds is 2. The van der Waals surface area contributed by atoms with Crippen molar-refractivity contribution in [1.82, 2.24) is 4.90 Å². The van der Waals surface area contributed by atoms with Gasteiger partial charge in [0.2, 0.25) is 0 Å². The number of carbonyl (C=O) groups excluding carboxylic acids is 2. The van der Waals surface area contributed by atoms with E-state index in [0.29, 0.717) is 38.0 Å². The summed E-state index contributed by atoms with van der Waals surface area (Å²) in [6.45, 7) is 1.38. The molecule has 2 saturated carbocycles. The average molecular weight is 398 g/mol. The molecular weight excluding hydrogens is 372 g/mol. The Labute approximate surface area is 169 Å². The van der Waals surface area contributed by atoms with Crippen molar-refractivity contribution >= 4 is 17.4 Å². The van der Waals surface area contributed by atoms with Gasteiger partial charge < -0.3 is 19.9 Å². The first-order valence-corrected chi connectivity index (χ1v) is 10.4. The fourth-order valence-corrected chi connectivity index (χ4v) is 7.94. The number of nitrogens with one attached hydrogen (secondary N) is 1. The second-order valence-corrected chi connectivity index (χ2v) is 9.40. The van der Waals surface area contributed by atoms with Crippen LogP contribution in [0.1, 0.15) is 31.2 Å².